The molecular weight excluding hydrogens is 312 g/mol. The molecule has 1 aromatic carbocycles. The Balaban J connectivity index is 2.43. The molecule has 0 amide bonds. The predicted octanol–water partition coefficient (Wildman–Crippen LogP) is 3.12. The Morgan fingerprint density at radius 2 is 2.00 bits per heavy atom. The van der Waals surface area contributed by atoms with Crippen LogP contribution in [0.15, 0.2) is 18.5 Å². The first kappa shape index (κ1) is 14.9. The highest BCUT2D eigenvalue weighted by Gasteiger charge is 2.21. The summed E-state index contributed by atoms with van der Waals surface area (Å²) in [6.07, 6.45) is 1.03. The van der Waals surface area contributed by atoms with Crippen molar-refractivity contribution >= 4 is 17.3 Å². The van der Waals surface area contributed by atoms with Crippen LogP contribution in [0, 0.1) is 21.7 Å². The zero-order chi connectivity index (χ0) is 15.6. The third kappa shape index (κ3) is 2.97. The minimum absolute atomic E-state index is 0.0858. The molecule has 0 atom stereocenters. The van der Waals surface area contributed by atoms with Crippen LogP contribution in [0.25, 0.3) is 0 Å². The highest BCUT2D eigenvalue weighted by molar-refractivity contribution is 6.31. The minimum atomic E-state index is -1.25. The van der Waals surface area contributed by atoms with Crippen LogP contribution in [0.2, 0.25) is 5.15 Å². The van der Waals surface area contributed by atoms with E-state index in [0.29, 0.717) is 12.1 Å². The molecule has 0 radical (unpaired) electrons. The van der Waals surface area contributed by atoms with E-state index < -0.39 is 28.0 Å². The molecule has 1 heterocycles. The fourth-order valence-electron chi connectivity index (χ4n) is 1.42. The number of ether oxygens (including phenoxy) is 2. The lowest BCUT2D eigenvalue weighted by Crippen LogP contribution is -1.99. The Bertz CT molecular complexity index is 714. The van der Waals surface area contributed by atoms with E-state index in [1.54, 1.807) is 0 Å². The van der Waals surface area contributed by atoms with E-state index in [1.165, 1.54) is 7.11 Å². The number of methoxy groups -OCH3 is 1. The number of hydrogen-bond acceptors (Lipinski definition) is 6. The van der Waals surface area contributed by atoms with Gasteiger partial charge in [-0.3, -0.25) is 10.1 Å². The Kier molecular flexibility index (Phi) is 4.13. The number of nitrogens with zero attached hydrogens (tertiary/aromatic N) is 3. The van der Waals surface area contributed by atoms with Gasteiger partial charge < -0.3 is 9.47 Å². The highest BCUT2D eigenvalue weighted by atomic mass is 35.5. The lowest BCUT2D eigenvalue weighted by Gasteiger charge is -2.10. The lowest BCUT2D eigenvalue weighted by atomic mass is 10.3. The van der Waals surface area contributed by atoms with Crippen LogP contribution >= 0.6 is 11.6 Å². The summed E-state index contributed by atoms with van der Waals surface area (Å²) in [4.78, 5) is 16.7. The first-order valence-electron chi connectivity index (χ1n) is 5.29. The average Bonchev–Trinajstić information content (AvgIpc) is 2.42. The fourth-order valence-corrected chi connectivity index (χ4v) is 1.62. The molecule has 1 aromatic heterocycles. The van der Waals surface area contributed by atoms with Gasteiger partial charge in [-0.1, -0.05) is 11.6 Å². The van der Waals surface area contributed by atoms with Crippen molar-refractivity contribution in [1.29, 1.82) is 0 Å². The molecule has 2 rings (SSSR count). The molecule has 21 heavy (non-hydrogen) atoms. The van der Waals surface area contributed by atoms with Crippen LogP contribution in [0.4, 0.5) is 14.5 Å². The van der Waals surface area contributed by atoms with Gasteiger partial charge >= 0.3 is 5.69 Å². The number of nitro groups is 1. The zero-order valence-electron chi connectivity index (χ0n) is 10.3. The lowest BCUT2D eigenvalue weighted by molar-refractivity contribution is -0.387. The van der Waals surface area contributed by atoms with Crippen molar-refractivity contribution < 1.29 is 23.2 Å². The maximum absolute atomic E-state index is 13.7. The van der Waals surface area contributed by atoms with Gasteiger partial charge in [0.05, 0.1) is 18.1 Å². The molecule has 10 heteroatoms. The van der Waals surface area contributed by atoms with Gasteiger partial charge in [-0.15, -0.1) is 0 Å². The molecule has 0 bridgehead atoms. The summed E-state index contributed by atoms with van der Waals surface area (Å²) in [6, 6.07) is 0.933. The summed E-state index contributed by atoms with van der Waals surface area (Å²) in [5.41, 5.74) is -1.01. The molecule has 2 aromatic rings. The van der Waals surface area contributed by atoms with Crippen molar-refractivity contribution in [3.05, 3.63) is 45.4 Å². The number of nitro benzene ring substituents is 1. The number of halogens is 3. The van der Waals surface area contributed by atoms with Crippen LogP contribution < -0.4 is 9.47 Å². The molecule has 0 saturated carbocycles. The molecule has 0 aliphatic heterocycles. The second kappa shape index (κ2) is 5.83. The van der Waals surface area contributed by atoms with Crippen molar-refractivity contribution in [3.63, 3.8) is 0 Å². The van der Waals surface area contributed by atoms with E-state index in [1.807, 2.05) is 0 Å². The van der Waals surface area contributed by atoms with E-state index in [-0.39, 0.29) is 16.8 Å². The van der Waals surface area contributed by atoms with Crippen LogP contribution in [0.5, 0.6) is 17.4 Å². The summed E-state index contributed by atoms with van der Waals surface area (Å²) in [7, 11) is 1.25. The number of benzene rings is 1. The zero-order valence-corrected chi connectivity index (χ0v) is 11.1. The SMILES string of the molecule is COc1c(Cl)ncnc1Oc1cc(F)c([N+](=O)[O-])cc1F. The first-order chi connectivity index (χ1) is 9.93. The number of rotatable bonds is 4. The maximum Gasteiger partial charge on any atom is 0.307 e. The maximum atomic E-state index is 13.7. The van der Waals surface area contributed by atoms with Gasteiger partial charge in [0.1, 0.15) is 6.33 Å². The van der Waals surface area contributed by atoms with E-state index in [0.717, 1.165) is 6.33 Å². The van der Waals surface area contributed by atoms with Crippen molar-refractivity contribution in [2.75, 3.05) is 7.11 Å². The van der Waals surface area contributed by atoms with Gasteiger partial charge in [-0.25, -0.2) is 9.37 Å². The minimum Gasteiger partial charge on any atom is -0.489 e. The second-order valence-corrected chi connectivity index (χ2v) is 3.95. The molecule has 7 nitrogen and oxygen atoms in total. The molecule has 0 unspecified atom stereocenters. The summed E-state index contributed by atoms with van der Waals surface area (Å²) in [5.74, 6) is -3.34. The molecule has 0 aliphatic rings. The molecule has 0 aliphatic carbocycles. The molecule has 110 valence electrons. The standard InChI is InChI=1S/C11H6ClF2N3O4/c1-20-9-10(12)15-4-16-11(9)21-8-3-5(13)7(17(18)19)2-6(8)14/h2-4H,1H3. The predicted molar refractivity (Wildman–Crippen MR) is 66.7 cm³/mol. The van der Waals surface area contributed by atoms with Crippen molar-refractivity contribution in [1.82, 2.24) is 9.97 Å². The molecule has 0 spiro atoms. The Hall–Kier alpha value is -2.55. The summed E-state index contributed by atoms with van der Waals surface area (Å²) >= 11 is 5.72. The first-order valence-corrected chi connectivity index (χ1v) is 5.67. The van der Waals surface area contributed by atoms with Gasteiger partial charge in [0.2, 0.25) is 11.6 Å². The van der Waals surface area contributed by atoms with E-state index in [4.69, 9.17) is 21.1 Å². The van der Waals surface area contributed by atoms with Crippen LogP contribution in [0.1, 0.15) is 0 Å². The van der Waals surface area contributed by atoms with Crippen LogP contribution in [0.3, 0.4) is 0 Å². The van der Waals surface area contributed by atoms with Crippen molar-refractivity contribution in [3.8, 4) is 17.4 Å². The summed E-state index contributed by atoms with van der Waals surface area (Å²) in [5, 5.41) is 10.4. The van der Waals surface area contributed by atoms with E-state index >= 15 is 0 Å². The second-order valence-electron chi connectivity index (χ2n) is 3.60. The van der Waals surface area contributed by atoms with Crippen molar-refractivity contribution in [2.45, 2.75) is 0 Å². The van der Waals surface area contributed by atoms with Gasteiger partial charge in [0, 0.05) is 6.07 Å². The fraction of sp³-hybridized carbons (Fsp3) is 0.0909. The molecule has 0 fully saturated rings. The largest absolute Gasteiger partial charge is 0.489 e. The third-order valence-electron chi connectivity index (χ3n) is 2.34. The highest BCUT2D eigenvalue weighted by Crippen LogP contribution is 2.36. The van der Waals surface area contributed by atoms with E-state index in [2.05, 4.69) is 9.97 Å². The number of hydrogen-bond donors (Lipinski definition) is 0. The molecule has 0 N–H and O–H groups in total. The Morgan fingerprint density at radius 1 is 1.29 bits per heavy atom. The topological polar surface area (TPSA) is 87.4 Å². The van der Waals surface area contributed by atoms with Gasteiger partial charge in [-0.05, 0) is 0 Å². The Morgan fingerprint density at radius 3 is 2.62 bits per heavy atom. The summed E-state index contributed by atoms with van der Waals surface area (Å²) < 4.78 is 37.1. The summed E-state index contributed by atoms with van der Waals surface area (Å²) in [6.45, 7) is 0. The normalized spacial score (nSPS) is 10.3. The quantitative estimate of drug-likeness (QED) is 0.489. The molecule has 0 saturated heterocycles. The average molecular weight is 318 g/mol. The third-order valence-corrected chi connectivity index (χ3v) is 2.61. The molecular formula is C11H6ClF2N3O4. The van der Waals surface area contributed by atoms with Gasteiger partial charge in [0.25, 0.3) is 5.88 Å². The van der Waals surface area contributed by atoms with Gasteiger partial charge in [-0.2, -0.15) is 9.37 Å². The smallest absolute Gasteiger partial charge is 0.307 e. The van der Waals surface area contributed by atoms with Crippen LogP contribution in [-0.4, -0.2) is 22.0 Å². The van der Waals surface area contributed by atoms with Crippen molar-refractivity contribution in [2.24, 2.45) is 0 Å². The number of aromatic nitrogens is 2. The Labute approximate surface area is 121 Å². The van der Waals surface area contributed by atoms with Crippen LogP contribution in [-0.2, 0) is 0 Å². The monoisotopic (exact) mass is 317 g/mol. The van der Waals surface area contributed by atoms with Gasteiger partial charge in [0.15, 0.2) is 16.7 Å². The van der Waals surface area contributed by atoms with E-state index in [9.17, 15) is 18.9 Å².